The number of hydrogen-bond acceptors (Lipinski definition) is 2. The zero-order chi connectivity index (χ0) is 18.4. The highest BCUT2D eigenvalue weighted by molar-refractivity contribution is 5.54. The number of allylic oxidation sites excluding steroid dienone is 8. The van der Waals surface area contributed by atoms with Gasteiger partial charge >= 0.3 is 0 Å². The van der Waals surface area contributed by atoms with E-state index >= 15 is 0 Å². The SMILES string of the molecule is C=CCCC1=CC(C=C)=C(/C=C\C)C(C2CCNCC2)C2NC=CC=C12. The molecule has 1 saturated heterocycles. The van der Waals surface area contributed by atoms with Gasteiger partial charge in [-0.25, -0.2) is 0 Å². The average Bonchev–Trinajstić information content (AvgIpc) is 2.82. The van der Waals surface area contributed by atoms with Crippen LogP contribution in [0.4, 0.5) is 0 Å². The Bertz CT molecular complexity index is 681. The van der Waals surface area contributed by atoms with Crippen LogP contribution in [0.15, 0.2) is 84.2 Å². The second-order valence-electron chi connectivity index (χ2n) is 7.35. The highest BCUT2D eigenvalue weighted by Gasteiger charge is 2.37. The van der Waals surface area contributed by atoms with Crippen molar-refractivity contribution in [3.05, 3.63) is 84.2 Å². The van der Waals surface area contributed by atoms with E-state index < -0.39 is 0 Å². The second-order valence-corrected chi connectivity index (χ2v) is 7.35. The smallest absolute Gasteiger partial charge is 0.0582 e. The van der Waals surface area contributed by atoms with Crippen molar-refractivity contribution in [2.24, 2.45) is 11.8 Å². The molecule has 0 amide bonds. The molecule has 138 valence electrons. The molecule has 0 bridgehead atoms. The van der Waals surface area contributed by atoms with Crippen LogP contribution in [0.3, 0.4) is 0 Å². The van der Waals surface area contributed by atoms with Gasteiger partial charge in [-0.3, -0.25) is 0 Å². The summed E-state index contributed by atoms with van der Waals surface area (Å²) in [5.74, 6) is 1.15. The van der Waals surface area contributed by atoms with Gasteiger partial charge in [0.1, 0.15) is 0 Å². The van der Waals surface area contributed by atoms with Crippen LogP contribution >= 0.6 is 0 Å². The van der Waals surface area contributed by atoms with Gasteiger partial charge in [0.05, 0.1) is 6.04 Å². The monoisotopic (exact) mass is 348 g/mol. The fourth-order valence-electron chi connectivity index (χ4n) is 4.60. The van der Waals surface area contributed by atoms with Crippen molar-refractivity contribution in [1.29, 1.82) is 0 Å². The molecular formula is C24H32N2. The number of rotatable bonds is 6. The van der Waals surface area contributed by atoms with Crippen molar-refractivity contribution >= 4 is 0 Å². The molecule has 2 heteroatoms. The molecule has 2 unspecified atom stereocenters. The molecule has 1 aliphatic carbocycles. The third-order valence-electron chi connectivity index (χ3n) is 5.81. The largest absolute Gasteiger partial charge is 0.383 e. The standard InChI is InChI=1S/C24H32N2/c1-4-7-10-20-17-18(6-3)21(9-5-2)23(19-12-15-25-16-13-19)24-22(20)11-8-14-26-24/h4-6,8-9,11,14,17,19,23-26H,1,3,7,10,12-13,15-16H2,2H3/b9-5-. The molecule has 2 heterocycles. The lowest BCUT2D eigenvalue weighted by Gasteiger charge is -2.39. The lowest BCUT2D eigenvalue weighted by Crippen LogP contribution is -2.44. The van der Waals surface area contributed by atoms with Crippen molar-refractivity contribution in [2.75, 3.05) is 13.1 Å². The molecule has 2 nitrogen and oxygen atoms in total. The van der Waals surface area contributed by atoms with E-state index in [2.05, 4.69) is 67.3 Å². The first-order chi connectivity index (χ1) is 12.8. The molecule has 0 saturated carbocycles. The number of nitrogens with one attached hydrogen (secondary N) is 2. The molecule has 3 rings (SSSR count). The molecule has 1 fully saturated rings. The predicted molar refractivity (Wildman–Crippen MR) is 113 cm³/mol. The van der Waals surface area contributed by atoms with Gasteiger partial charge in [-0.05, 0) is 86.2 Å². The van der Waals surface area contributed by atoms with Gasteiger partial charge in [-0.15, -0.1) is 6.58 Å². The van der Waals surface area contributed by atoms with Crippen LogP contribution < -0.4 is 10.6 Å². The average molecular weight is 349 g/mol. The van der Waals surface area contributed by atoms with Crippen molar-refractivity contribution in [3.63, 3.8) is 0 Å². The zero-order valence-corrected chi connectivity index (χ0v) is 16.0. The third-order valence-corrected chi connectivity index (χ3v) is 5.81. The van der Waals surface area contributed by atoms with Crippen molar-refractivity contribution in [3.8, 4) is 0 Å². The van der Waals surface area contributed by atoms with Crippen LogP contribution in [0.1, 0.15) is 32.6 Å². The van der Waals surface area contributed by atoms with E-state index in [1.807, 2.05) is 12.2 Å². The van der Waals surface area contributed by atoms with Gasteiger partial charge in [0.2, 0.25) is 0 Å². The molecule has 2 atom stereocenters. The van der Waals surface area contributed by atoms with Crippen LogP contribution in [-0.2, 0) is 0 Å². The van der Waals surface area contributed by atoms with Gasteiger partial charge in [-0.2, -0.15) is 0 Å². The maximum absolute atomic E-state index is 4.15. The second kappa shape index (κ2) is 9.05. The molecule has 0 aromatic rings. The Morgan fingerprint density at radius 2 is 2.04 bits per heavy atom. The lowest BCUT2D eigenvalue weighted by atomic mass is 9.72. The van der Waals surface area contributed by atoms with E-state index in [-0.39, 0.29) is 0 Å². The fraction of sp³-hybridized carbons (Fsp3) is 0.417. The minimum atomic E-state index is 0.336. The van der Waals surface area contributed by atoms with Gasteiger partial charge in [0, 0.05) is 5.92 Å². The number of piperidine rings is 1. The summed E-state index contributed by atoms with van der Waals surface area (Å²) in [4.78, 5) is 0. The third kappa shape index (κ3) is 3.86. The summed E-state index contributed by atoms with van der Waals surface area (Å²) in [7, 11) is 0. The van der Waals surface area contributed by atoms with Gasteiger partial charge in [0.15, 0.2) is 0 Å². The maximum atomic E-state index is 4.15. The van der Waals surface area contributed by atoms with Crippen LogP contribution in [-0.4, -0.2) is 19.1 Å². The number of fused-ring (bicyclic) bond motifs is 1. The normalized spacial score (nSPS) is 26.7. The van der Waals surface area contributed by atoms with Crippen LogP contribution in [0, 0.1) is 11.8 Å². The highest BCUT2D eigenvalue weighted by atomic mass is 14.9. The van der Waals surface area contributed by atoms with Crippen molar-refractivity contribution in [2.45, 2.75) is 38.6 Å². The van der Waals surface area contributed by atoms with Crippen molar-refractivity contribution in [1.82, 2.24) is 10.6 Å². The van der Waals surface area contributed by atoms with Crippen LogP contribution in [0.2, 0.25) is 0 Å². The Labute approximate surface area is 158 Å². The van der Waals surface area contributed by atoms with E-state index in [0.29, 0.717) is 17.9 Å². The Balaban J connectivity index is 2.10. The topological polar surface area (TPSA) is 24.1 Å². The Morgan fingerprint density at radius 1 is 1.23 bits per heavy atom. The van der Waals surface area contributed by atoms with E-state index in [1.54, 1.807) is 0 Å². The fourth-order valence-corrected chi connectivity index (χ4v) is 4.60. The number of dihydropyridines is 1. The molecule has 0 aromatic carbocycles. The molecule has 26 heavy (non-hydrogen) atoms. The Kier molecular flexibility index (Phi) is 6.51. The first-order valence-corrected chi connectivity index (χ1v) is 9.94. The first-order valence-electron chi connectivity index (χ1n) is 9.94. The van der Waals surface area contributed by atoms with E-state index in [9.17, 15) is 0 Å². The molecule has 2 N–H and O–H groups in total. The summed E-state index contributed by atoms with van der Waals surface area (Å²) in [6.45, 7) is 12.4. The predicted octanol–water partition coefficient (Wildman–Crippen LogP) is 4.98. The maximum Gasteiger partial charge on any atom is 0.0582 e. The van der Waals surface area contributed by atoms with Gasteiger partial charge < -0.3 is 10.6 Å². The summed E-state index contributed by atoms with van der Waals surface area (Å²) >= 11 is 0. The first kappa shape index (κ1) is 18.7. The Morgan fingerprint density at radius 3 is 2.73 bits per heavy atom. The van der Waals surface area contributed by atoms with E-state index in [1.165, 1.54) is 35.1 Å². The van der Waals surface area contributed by atoms with E-state index in [0.717, 1.165) is 25.9 Å². The van der Waals surface area contributed by atoms with E-state index in [4.69, 9.17) is 0 Å². The zero-order valence-electron chi connectivity index (χ0n) is 16.0. The summed E-state index contributed by atoms with van der Waals surface area (Å²) < 4.78 is 0. The quantitative estimate of drug-likeness (QED) is 0.662. The number of hydrogen-bond donors (Lipinski definition) is 2. The molecule has 0 aromatic heterocycles. The molecular weight excluding hydrogens is 316 g/mol. The minimum absolute atomic E-state index is 0.336. The molecule has 2 aliphatic heterocycles. The summed E-state index contributed by atoms with van der Waals surface area (Å²) in [6.07, 6.45) is 22.0. The molecule has 3 aliphatic rings. The minimum Gasteiger partial charge on any atom is -0.383 e. The summed E-state index contributed by atoms with van der Waals surface area (Å²) in [5, 5.41) is 7.23. The van der Waals surface area contributed by atoms with Gasteiger partial charge in [-0.1, -0.05) is 43.0 Å². The lowest BCUT2D eigenvalue weighted by molar-refractivity contribution is 0.261. The summed E-state index contributed by atoms with van der Waals surface area (Å²) in [6, 6.07) is 0.336. The van der Waals surface area contributed by atoms with Crippen LogP contribution in [0.25, 0.3) is 0 Å². The van der Waals surface area contributed by atoms with Crippen molar-refractivity contribution < 1.29 is 0 Å². The highest BCUT2D eigenvalue weighted by Crippen LogP contribution is 2.42. The van der Waals surface area contributed by atoms with Gasteiger partial charge in [0.25, 0.3) is 0 Å². The molecule has 0 radical (unpaired) electrons. The molecule has 0 spiro atoms. The van der Waals surface area contributed by atoms with Crippen LogP contribution in [0.5, 0.6) is 0 Å². The Hall–Kier alpha value is -2.06. The summed E-state index contributed by atoms with van der Waals surface area (Å²) in [5.41, 5.74) is 5.57.